The van der Waals surface area contributed by atoms with Gasteiger partial charge < -0.3 is 10.6 Å². The molecule has 1 aliphatic heterocycles. The van der Waals surface area contributed by atoms with Gasteiger partial charge in [0.15, 0.2) is 0 Å². The van der Waals surface area contributed by atoms with Gasteiger partial charge in [-0.25, -0.2) is 0 Å². The number of nitrogens with one attached hydrogen (secondary N) is 2. The predicted molar refractivity (Wildman–Crippen MR) is 76.5 cm³/mol. The predicted octanol–water partition coefficient (Wildman–Crippen LogP) is 2.71. The van der Waals surface area contributed by atoms with Gasteiger partial charge >= 0.3 is 0 Å². The molecule has 0 saturated carbocycles. The molecule has 0 aromatic rings. The normalized spacial score (nSPS) is 24.9. The van der Waals surface area contributed by atoms with Gasteiger partial charge in [-0.15, -0.1) is 0 Å². The molecular formula is C15H30N2O. The molecule has 2 N–H and O–H groups in total. The molecule has 18 heavy (non-hydrogen) atoms. The van der Waals surface area contributed by atoms with Crippen LogP contribution < -0.4 is 10.6 Å². The number of rotatable bonds is 5. The maximum Gasteiger partial charge on any atom is 0.237 e. The lowest BCUT2D eigenvalue weighted by molar-refractivity contribution is -0.127. The van der Waals surface area contributed by atoms with Gasteiger partial charge in [-0.05, 0) is 50.5 Å². The second-order valence-corrected chi connectivity index (χ2v) is 6.86. The van der Waals surface area contributed by atoms with E-state index in [2.05, 4.69) is 45.3 Å². The summed E-state index contributed by atoms with van der Waals surface area (Å²) in [4.78, 5) is 12.3. The van der Waals surface area contributed by atoms with E-state index < -0.39 is 0 Å². The average Bonchev–Trinajstić information content (AvgIpc) is 2.25. The van der Waals surface area contributed by atoms with Gasteiger partial charge in [-0.2, -0.15) is 0 Å². The van der Waals surface area contributed by atoms with Crippen molar-refractivity contribution >= 4 is 5.91 Å². The first-order valence-electron chi connectivity index (χ1n) is 7.36. The zero-order valence-corrected chi connectivity index (χ0v) is 12.7. The molecular weight excluding hydrogens is 224 g/mol. The summed E-state index contributed by atoms with van der Waals surface area (Å²) in [5.41, 5.74) is 0.0695. The monoisotopic (exact) mass is 254 g/mol. The molecule has 1 heterocycles. The molecule has 1 amide bonds. The number of hydrogen-bond donors (Lipinski definition) is 2. The van der Waals surface area contributed by atoms with Crippen LogP contribution in [0.15, 0.2) is 0 Å². The molecule has 2 atom stereocenters. The molecule has 1 saturated heterocycles. The Balaban J connectivity index is 2.43. The van der Waals surface area contributed by atoms with Crippen molar-refractivity contribution < 1.29 is 4.79 Å². The maximum atomic E-state index is 12.3. The van der Waals surface area contributed by atoms with Crippen molar-refractivity contribution in [2.75, 3.05) is 6.54 Å². The van der Waals surface area contributed by atoms with Gasteiger partial charge in [0.1, 0.15) is 0 Å². The molecule has 0 aromatic heterocycles. The minimum atomic E-state index is -0.0345. The summed E-state index contributed by atoms with van der Waals surface area (Å²) < 4.78 is 0. The second kappa shape index (κ2) is 6.55. The summed E-state index contributed by atoms with van der Waals surface area (Å²) >= 11 is 0. The third kappa shape index (κ3) is 4.60. The number of piperidine rings is 1. The van der Waals surface area contributed by atoms with Crippen molar-refractivity contribution in [1.82, 2.24) is 10.6 Å². The summed E-state index contributed by atoms with van der Waals surface area (Å²) in [5.74, 6) is 0.879. The largest absolute Gasteiger partial charge is 0.352 e. The van der Waals surface area contributed by atoms with Crippen LogP contribution >= 0.6 is 0 Å². The maximum absolute atomic E-state index is 12.3. The van der Waals surface area contributed by atoms with Crippen molar-refractivity contribution in [2.45, 2.75) is 72.4 Å². The SMILES string of the molecule is CC(C)CCC(C)NC(=O)C1NCCCC1(C)C. The van der Waals surface area contributed by atoms with Crippen LogP contribution in [0.5, 0.6) is 0 Å². The van der Waals surface area contributed by atoms with Crippen LogP contribution in [-0.2, 0) is 4.79 Å². The molecule has 0 spiro atoms. The van der Waals surface area contributed by atoms with E-state index in [1.54, 1.807) is 0 Å². The van der Waals surface area contributed by atoms with Crippen LogP contribution in [0.1, 0.15) is 60.3 Å². The van der Waals surface area contributed by atoms with Gasteiger partial charge in [0.2, 0.25) is 5.91 Å². The van der Waals surface area contributed by atoms with Gasteiger partial charge in [-0.3, -0.25) is 4.79 Å². The van der Waals surface area contributed by atoms with Crippen LogP contribution in [0.2, 0.25) is 0 Å². The third-order valence-corrected chi connectivity index (χ3v) is 3.96. The standard InChI is InChI=1S/C15H30N2O/c1-11(2)7-8-12(3)17-14(18)13-15(4,5)9-6-10-16-13/h11-13,16H,6-10H2,1-5H3,(H,17,18). The third-order valence-electron chi connectivity index (χ3n) is 3.96. The number of carbonyl (C=O) groups is 1. The highest BCUT2D eigenvalue weighted by molar-refractivity contribution is 5.83. The summed E-state index contributed by atoms with van der Waals surface area (Å²) in [6.07, 6.45) is 4.53. The Morgan fingerprint density at radius 2 is 2.00 bits per heavy atom. The van der Waals surface area contributed by atoms with Gasteiger partial charge in [-0.1, -0.05) is 27.7 Å². The zero-order chi connectivity index (χ0) is 13.8. The fourth-order valence-corrected chi connectivity index (χ4v) is 2.64. The van der Waals surface area contributed by atoms with Crippen molar-refractivity contribution in [3.05, 3.63) is 0 Å². The van der Waals surface area contributed by atoms with Gasteiger partial charge in [0.05, 0.1) is 6.04 Å². The lowest BCUT2D eigenvalue weighted by atomic mass is 9.77. The average molecular weight is 254 g/mol. The molecule has 2 unspecified atom stereocenters. The Hall–Kier alpha value is -0.570. The van der Waals surface area contributed by atoms with E-state index >= 15 is 0 Å². The minimum Gasteiger partial charge on any atom is -0.352 e. The molecule has 0 aliphatic carbocycles. The highest BCUT2D eigenvalue weighted by atomic mass is 16.2. The zero-order valence-electron chi connectivity index (χ0n) is 12.7. The first-order chi connectivity index (χ1) is 8.33. The van der Waals surface area contributed by atoms with Gasteiger partial charge in [0.25, 0.3) is 0 Å². The molecule has 1 rings (SSSR count). The number of carbonyl (C=O) groups excluding carboxylic acids is 1. The van der Waals surface area contributed by atoms with Crippen LogP contribution in [0.4, 0.5) is 0 Å². The summed E-state index contributed by atoms with van der Waals surface area (Å²) in [5, 5.41) is 6.53. The smallest absolute Gasteiger partial charge is 0.237 e. The van der Waals surface area contributed by atoms with E-state index in [1.807, 2.05) is 0 Å². The van der Waals surface area contributed by atoms with E-state index in [-0.39, 0.29) is 23.4 Å². The lowest BCUT2D eigenvalue weighted by Gasteiger charge is -2.38. The Labute approximate surface area is 112 Å². The molecule has 0 bridgehead atoms. The van der Waals surface area contributed by atoms with E-state index in [0.717, 1.165) is 19.4 Å². The molecule has 0 aromatic carbocycles. The first kappa shape index (κ1) is 15.5. The van der Waals surface area contributed by atoms with E-state index in [4.69, 9.17) is 0 Å². The minimum absolute atomic E-state index is 0.0345. The summed E-state index contributed by atoms with van der Waals surface area (Å²) in [7, 11) is 0. The van der Waals surface area contributed by atoms with E-state index in [0.29, 0.717) is 5.92 Å². The Morgan fingerprint density at radius 1 is 1.33 bits per heavy atom. The highest BCUT2D eigenvalue weighted by Gasteiger charge is 2.37. The first-order valence-corrected chi connectivity index (χ1v) is 7.36. The molecule has 1 fully saturated rings. The van der Waals surface area contributed by atoms with Crippen LogP contribution in [-0.4, -0.2) is 24.5 Å². The van der Waals surface area contributed by atoms with Crippen molar-refractivity contribution in [1.29, 1.82) is 0 Å². The highest BCUT2D eigenvalue weighted by Crippen LogP contribution is 2.30. The molecule has 3 heteroatoms. The Morgan fingerprint density at radius 3 is 2.56 bits per heavy atom. The lowest BCUT2D eigenvalue weighted by Crippen LogP contribution is -2.56. The van der Waals surface area contributed by atoms with E-state index in [9.17, 15) is 4.79 Å². The van der Waals surface area contributed by atoms with Crippen LogP contribution in [0.3, 0.4) is 0 Å². The fourth-order valence-electron chi connectivity index (χ4n) is 2.64. The second-order valence-electron chi connectivity index (χ2n) is 6.86. The van der Waals surface area contributed by atoms with Crippen molar-refractivity contribution in [3.8, 4) is 0 Å². The Bertz CT molecular complexity index is 274. The van der Waals surface area contributed by atoms with Crippen LogP contribution in [0, 0.1) is 11.3 Å². The Kier molecular flexibility index (Phi) is 5.64. The molecule has 106 valence electrons. The van der Waals surface area contributed by atoms with Crippen molar-refractivity contribution in [3.63, 3.8) is 0 Å². The van der Waals surface area contributed by atoms with E-state index in [1.165, 1.54) is 12.8 Å². The summed E-state index contributed by atoms with van der Waals surface area (Å²) in [6.45, 7) is 11.9. The number of amides is 1. The molecule has 0 radical (unpaired) electrons. The number of hydrogen-bond acceptors (Lipinski definition) is 2. The molecule has 1 aliphatic rings. The quantitative estimate of drug-likeness (QED) is 0.792. The topological polar surface area (TPSA) is 41.1 Å². The molecule has 3 nitrogen and oxygen atoms in total. The van der Waals surface area contributed by atoms with Gasteiger partial charge in [0, 0.05) is 6.04 Å². The summed E-state index contributed by atoms with van der Waals surface area (Å²) in [6, 6.07) is 0.243. The van der Waals surface area contributed by atoms with Crippen molar-refractivity contribution in [2.24, 2.45) is 11.3 Å². The van der Waals surface area contributed by atoms with Crippen LogP contribution in [0.25, 0.3) is 0 Å². The fraction of sp³-hybridized carbons (Fsp3) is 0.933.